The molecule has 0 aliphatic rings. The Bertz CT molecular complexity index is 1010. The predicted molar refractivity (Wildman–Crippen MR) is 109 cm³/mol. The summed E-state index contributed by atoms with van der Waals surface area (Å²) in [6, 6.07) is 12.3. The number of thioether (sulfide) groups is 1. The molecular weight excluding hydrogens is 400 g/mol. The number of rotatable bonds is 6. The van der Waals surface area contributed by atoms with Gasteiger partial charge in [0, 0.05) is 28.1 Å². The van der Waals surface area contributed by atoms with Crippen molar-refractivity contribution in [1.29, 1.82) is 0 Å². The van der Waals surface area contributed by atoms with Gasteiger partial charge in [-0.25, -0.2) is 8.78 Å². The quantitative estimate of drug-likeness (QED) is 0.326. The van der Waals surface area contributed by atoms with E-state index in [-0.39, 0.29) is 11.3 Å². The number of nitrogens with zero attached hydrogens (tertiary/aromatic N) is 1. The number of carbonyl (C=O) groups excluding carboxylic acids is 1. The lowest BCUT2D eigenvalue weighted by Crippen LogP contribution is -2.07. The van der Waals surface area contributed by atoms with Crippen LogP contribution >= 0.6 is 23.4 Å². The first-order valence-corrected chi connectivity index (χ1v) is 10.0. The third-order valence-electron chi connectivity index (χ3n) is 4.35. The van der Waals surface area contributed by atoms with Crippen molar-refractivity contribution in [2.75, 3.05) is 0 Å². The third kappa shape index (κ3) is 4.59. The molecule has 28 heavy (non-hydrogen) atoms. The molecule has 1 heterocycles. The predicted octanol–water partition coefficient (Wildman–Crippen LogP) is 6.80. The molecule has 0 spiro atoms. The van der Waals surface area contributed by atoms with Crippen LogP contribution in [-0.4, -0.2) is 10.8 Å². The van der Waals surface area contributed by atoms with Crippen molar-refractivity contribution in [2.45, 2.75) is 30.4 Å². The van der Waals surface area contributed by atoms with Gasteiger partial charge in [0.25, 0.3) is 0 Å². The van der Waals surface area contributed by atoms with Gasteiger partial charge in [0.05, 0.1) is 5.25 Å². The highest BCUT2D eigenvalue weighted by Crippen LogP contribution is 2.43. The Balaban J connectivity index is 2.09. The lowest BCUT2D eigenvalue weighted by molar-refractivity contribution is 0.0983. The fraction of sp³-hybridized carbons (Fsp3) is 0.182. The van der Waals surface area contributed by atoms with Crippen LogP contribution in [0, 0.1) is 18.6 Å². The summed E-state index contributed by atoms with van der Waals surface area (Å²) in [5.41, 5.74) is 2.11. The van der Waals surface area contributed by atoms with Crippen molar-refractivity contribution in [3.05, 3.63) is 93.8 Å². The monoisotopic (exact) mass is 417 g/mol. The number of Topliss-reactive ketones (excluding diaryl/α,β-unsaturated/α-hetero) is 1. The van der Waals surface area contributed by atoms with Crippen LogP contribution in [0.3, 0.4) is 0 Å². The standard InChI is InChI=1S/C22H18ClF2NOS/c1-3-21(27)20-10-13(2)18(12-26-20)22(17-11-15(24)6-9-19(17)25)28-16-7-4-14(23)5-8-16/h4-12,22H,3H2,1-2H3. The number of hydrogen-bond donors (Lipinski definition) is 0. The lowest BCUT2D eigenvalue weighted by atomic mass is 10.00. The van der Waals surface area contributed by atoms with Gasteiger partial charge in [0.2, 0.25) is 0 Å². The van der Waals surface area contributed by atoms with Gasteiger partial charge in [-0.2, -0.15) is 0 Å². The summed E-state index contributed by atoms with van der Waals surface area (Å²) in [4.78, 5) is 17.1. The van der Waals surface area contributed by atoms with E-state index in [9.17, 15) is 13.6 Å². The second kappa shape index (κ2) is 8.84. The van der Waals surface area contributed by atoms with Crippen molar-refractivity contribution >= 4 is 29.1 Å². The zero-order chi connectivity index (χ0) is 20.3. The number of pyridine rings is 1. The van der Waals surface area contributed by atoms with E-state index in [1.807, 2.05) is 19.1 Å². The first-order chi connectivity index (χ1) is 13.4. The van der Waals surface area contributed by atoms with E-state index in [2.05, 4.69) is 4.98 Å². The van der Waals surface area contributed by atoms with Gasteiger partial charge in [-0.15, -0.1) is 11.8 Å². The molecule has 0 aliphatic heterocycles. The average Bonchev–Trinajstić information content (AvgIpc) is 2.69. The summed E-state index contributed by atoms with van der Waals surface area (Å²) in [6.07, 6.45) is 1.93. The molecule has 0 bridgehead atoms. The van der Waals surface area contributed by atoms with Crippen molar-refractivity contribution in [2.24, 2.45) is 0 Å². The second-order valence-electron chi connectivity index (χ2n) is 6.32. The van der Waals surface area contributed by atoms with Gasteiger partial charge in [-0.1, -0.05) is 18.5 Å². The first-order valence-electron chi connectivity index (χ1n) is 8.76. The molecule has 2 nitrogen and oxygen atoms in total. The molecule has 3 aromatic rings. The maximum atomic E-state index is 14.6. The third-order valence-corrected chi connectivity index (χ3v) is 5.89. The number of aromatic nitrogens is 1. The van der Waals surface area contributed by atoms with Crippen molar-refractivity contribution in [1.82, 2.24) is 4.98 Å². The Hall–Kier alpha value is -2.24. The average molecular weight is 418 g/mol. The SMILES string of the molecule is CCC(=O)c1cc(C)c(C(Sc2ccc(Cl)cc2)c2cc(F)ccc2F)cn1. The van der Waals surface area contributed by atoms with E-state index in [0.717, 1.165) is 28.2 Å². The molecule has 1 aromatic heterocycles. The first kappa shape index (κ1) is 20.5. The zero-order valence-corrected chi connectivity index (χ0v) is 17.0. The maximum absolute atomic E-state index is 14.6. The van der Waals surface area contributed by atoms with Crippen molar-refractivity contribution < 1.29 is 13.6 Å². The van der Waals surface area contributed by atoms with Gasteiger partial charge in [-0.05, 0) is 66.6 Å². The van der Waals surface area contributed by atoms with Crippen molar-refractivity contribution in [3.8, 4) is 0 Å². The van der Waals surface area contributed by atoms with Crippen LogP contribution in [0.1, 0.15) is 45.8 Å². The molecule has 0 aliphatic carbocycles. The summed E-state index contributed by atoms with van der Waals surface area (Å²) >= 11 is 7.32. The largest absolute Gasteiger partial charge is 0.292 e. The topological polar surface area (TPSA) is 30.0 Å². The molecule has 144 valence electrons. The molecule has 0 radical (unpaired) electrons. The van der Waals surface area contributed by atoms with E-state index >= 15 is 0 Å². The van der Waals surface area contributed by atoms with E-state index < -0.39 is 16.9 Å². The molecule has 6 heteroatoms. The minimum atomic E-state index is -0.532. The van der Waals surface area contributed by atoms with Gasteiger partial charge in [0.1, 0.15) is 17.3 Å². The molecule has 0 saturated heterocycles. The van der Waals surface area contributed by atoms with Gasteiger partial charge >= 0.3 is 0 Å². The van der Waals surface area contributed by atoms with Crippen LogP contribution in [0.2, 0.25) is 5.02 Å². The molecule has 0 N–H and O–H groups in total. The number of ketones is 1. The van der Waals surface area contributed by atoms with Crippen LogP contribution in [0.4, 0.5) is 8.78 Å². The Morgan fingerprint density at radius 3 is 2.46 bits per heavy atom. The Labute approximate surface area is 172 Å². The Morgan fingerprint density at radius 2 is 1.82 bits per heavy atom. The highest BCUT2D eigenvalue weighted by atomic mass is 35.5. The van der Waals surface area contributed by atoms with Gasteiger partial charge in [0.15, 0.2) is 5.78 Å². The molecule has 1 unspecified atom stereocenters. The normalized spacial score (nSPS) is 12.0. The van der Waals surface area contributed by atoms with Crippen LogP contribution in [0.15, 0.2) is 59.6 Å². The lowest BCUT2D eigenvalue weighted by Gasteiger charge is -2.20. The molecule has 1 atom stereocenters. The zero-order valence-electron chi connectivity index (χ0n) is 15.4. The Kier molecular flexibility index (Phi) is 6.47. The maximum Gasteiger partial charge on any atom is 0.180 e. The number of halogens is 3. The smallest absolute Gasteiger partial charge is 0.180 e. The van der Waals surface area contributed by atoms with E-state index in [4.69, 9.17) is 11.6 Å². The summed E-state index contributed by atoms with van der Waals surface area (Å²) in [5.74, 6) is -1.07. The van der Waals surface area contributed by atoms with Crippen LogP contribution in [0.25, 0.3) is 0 Å². The summed E-state index contributed by atoms with van der Waals surface area (Å²) < 4.78 is 28.5. The van der Waals surface area contributed by atoms with Crippen LogP contribution < -0.4 is 0 Å². The minimum Gasteiger partial charge on any atom is -0.292 e. The summed E-state index contributed by atoms with van der Waals surface area (Å²) in [6.45, 7) is 3.62. The number of carbonyl (C=O) groups is 1. The highest BCUT2D eigenvalue weighted by Gasteiger charge is 2.23. The molecule has 0 amide bonds. The molecule has 0 saturated carbocycles. The second-order valence-corrected chi connectivity index (χ2v) is 7.94. The molecule has 0 fully saturated rings. The van der Waals surface area contributed by atoms with Crippen molar-refractivity contribution in [3.63, 3.8) is 0 Å². The Morgan fingerprint density at radius 1 is 1.11 bits per heavy atom. The minimum absolute atomic E-state index is 0.0616. The molecule has 2 aromatic carbocycles. The molecule has 3 rings (SSSR count). The van der Waals surface area contributed by atoms with Gasteiger partial charge in [-0.3, -0.25) is 9.78 Å². The van der Waals surface area contributed by atoms with Crippen LogP contribution in [0.5, 0.6) is 0 Å². The molecular formula is C22H18ClF2NOS. The van der Waals surface area contributed by atoms with Gasteiger partial charge < -0.3 is 0 Å². The number of hydrogen-bond acceptors (Lipinski definition) is 3. The fourth-order valence-electron chi connectivity index (χ4n) is 2.83. The summed E-state index contributed by atoms with van der Waals surface area (Å²) in [5, 5.41) is 0.0632. The number of aryl methyl sites for hydroxylation is 1. The highest BCUT2D eigenvalue weighted by molar-refractivity contribution is 7.99. The van der Waals surface area contributed by atoms with E-state index in [0.29, 0.717) is 17.1 Å². The summed E-state index contributed by atoms with van der Waals surface area (Å²) in [7, 11) is 0. The number of benzene rings is 2. The fourth-order valence-corrected chi connectivity index (χ4v) is 4.21. The van der Waals surface area contributed by atoms with E-state index in [1.54, 1.807) is 31.3 Å². The van der Waals surface area contributed by atoms with E-state index in [1.165, 1.54) is 17.8 Å². The van der Waals surface area contributed by atoms with Crippen LogP contribution in [-0.2, 0) is 0 Å².